The topological polar surface area (TPSA) is 102 Å². The van der Waals surface area contributed by atoms with Gasteiger partial charge < -0.3 is 15.4 Å². The Morgan fingerprint density at radius 2 is 1.68 bits per heavy atom. The number of amides is 2. The number of hydrogen-bond acceptors (Lipinski definition) is 5. The molecule has 0 fully saturated rings. The lowest BCUT2D eigenvalue weighted by atomic mass is 10.2. The number of para-hydroxylation sites is 2. The molecule has 0 bridgehead atoms. The Kier molecular flexibility index (Phi) is 7.17. The average molecular weight is 404 g/mol. The number of anilines is 2. The molecular formula is C20H24N2O5S. The molecule has 150 valence electrons. The third-order valence-corrected chi connectivity index (χ3v) is 5.98. The van der Waals surface area contributed by atoms with Gasteiger partial charge in [-0.3, -0.25) is 9.59 Å². The highest BCUT2D eigenvalue weighted by molar-refractivity contribution is 7.93. The van der Waals surface area contributed by atoms with E-state index in [0.717, 1.165) is 5.56 Å². The van der Waals surface area contributed by atoms with Crippen LogP contribution in [0.1, 0.15) is 19.4 Å². The van der Waals surface area contributed by atoms with Crippen molar-refractivity contribution in [1.29, 1.82) is 0 Å². The fraction of sp³-hybridized carbons (Fsp3) is 0.300. The van der Waals surface area contributed by atoms with Gasteiger partial charge in [0.2, 0.25) is 11.8 Å². The fourth-order valence-corrected chi connectivity index (χ4v) is 3.46. The number of sulfone groups is 1. The van der Waals surface area contributed by atoms with Crippen LogP contribution in [0.4, 0.5) is 11.4 Å². The molecule has 2 aromatic rings. The molecule has 2 amide bonds. The second kappa shape index (κ2) is 9.36. The van der Waals surface area contributed by atoms with Gasteiger partial charge in [0, 0.05) is 5.69 Å². The van der Waals surface area contributed by atoms with E-state index < -0.39 is 32.7 Å². The molecule has 2 N–H and O–H groups in total. The van der Waals surface area contributed by atoms with Gasteiger partial charge in [-0.2, -0.15) is 0 Å². The summed E-state index contributed by atoms with van der Waals surface area (Å²) in [7, 11) is -4.00. The SMILES string of the molecule is CCOc1ccccc1NC(=O)C(C)S(=O)(=O)CC(=O)Nc1ccc(C)cc1. The Balaban J connectivity index is 2.03. The normalized spacial score (nSPS) is 12.1. The van der Waals surface area contributed by atoms with Crippen molar-refractivity contribution in [3.8, 4) is 5.75 Å². The van der Waals surface area contributed by atoms with E-state index in [4.69, 9.17) is 4.74 Å². The lowest BCUT2D eigenvalue weighted by molar-refractivity contribution is -0.115. The molecule has 0 saturated carbocycles. The number of carbonyl (C=O) groups is 2. The number of nitrogens with one attached hydrogen (secondary N) is 2. The summed E-state index contributed by atoms with van der Waals surface area (Å²) in [6.45, 7) is 5.37. The van der Waals surface area contributed by atoms with Gasteiger partial charge in [0.1, 0.15) is 16.8 Å². The van der Waals surface area contributed by atoms with E-state index in [1.54, 1.807) is 55.5 Å². The standard InChI is InChI=1S/C20H24N2O5S/c1-4-27-18-8-6-5-7-17(18)22-20(24)15(3)28(25,26)13-19(23)21-16-11-9-14(2)10-12-16/h5-12,15H,4,13H2,1-3H3,(H,21,23)(H,22,24). The lowest BCUT2D eigenvalue weighted by Crippen LogP contribution is -2.37. The zero-order valence-electron chi connectivity index (χ0n) is 16.1. The van der Waals surface area contributed by atoms with Crippen LogP contribution in [-0.2, 0) is 19.4 Å². The van der Waals surface area contributed by atoms with Crippen LogP contribution in [0.5, 0.6) is 5.75 Å². The van der Waals surface area contributed by atoms with Crippen molar-refractivity contribution in [3.05, 3.63) is 54.1 Å². The average Bonchev–Trinajstić information content (AvgIpc) is 2.64. The van der Waals surface area contributed by atoms with Gasteiger partial charge in [0.05, 0.1) is 12.3 Å². The van der Waals surface area contributed by atoms with Crippen molar-refractivity contribution < 1.29 is 22.7 Å². The Morgan fingerprint density at radius 1 is 1.04 bits per heavy atom. The maximum atomic E-state index is 12.5. The van der Waals surface area contributed by atoms with Gasteiger partial charge in [-0.1, -0.05) is 29.8 Å². The van der Waals surface area contributed by atoms with Crippen LogP contribution in [0.15, 0.2) is 48.5 Å². The molecule has 0 saturated heterocycles. The highest BCUT2D eigenvalue weighted by Crippen LogP contribution is 2.24. The number of aryl methyl sites for hydroxylation is 1. The maximum Gasteiger partial charge on any atom is 0.242 e. The molecule has 8 heteroatoms. The van der Waals surface area contributed by atoms with E-state index in [9.17, 15) is 18.0 Å². The van der Waals surface area contributed by atoms with Crippen LogP contribution in [0.25, 0.3) is 0 Å². The van der Waals surface area contributed by atoms with E-state index >= 15 is 0 Å². The lowest BCUT2D eigenvalue weighted by Gasteiger charge is -2.15. The highest BCUT2D eigenvalue weighted by Gasteiger charge is 2.30. The smallest absolute Gasteiger partial charge is 0.242 e. The van der Waals surface area contributed by atoms with E-state index in [-0.39, 0.29) is 0 Å². The molecule has 2 aromatic carbocycles. The van der Waals surface area contributed by atoms with E-state index in [2.05, 4.69) is 10.6 Å². The van der Waals surface area contributed by atoms with Crippen molar-refractivity contribution in [2.45, 2.75) is 26.0 Å². The molecule has 1 atom stereocenters. The van der Waals surface area contributed by atoms with E-state index in [1.165, 1.54) is 6.92 Å². The molecule has 7 nitrogen and oxygen atoms in total. The minimum Gasteiger partial charge on any atom is -0.492 e. The van der Waals surface area contributed by atoms with Crippen LogP contribution in [0.3, 0.4) is 0 Å². The van der Waals surface area contributed by atoms with Crippen LogP contribution in [0, 0.1) is 6.92 Å². The molecule has 2 rings (SSSR count). The Bertz CT molecular complexity index is 939. The minimum atomic E-state index is -4.00. The molecule has 28 heavy (non-hydrogen) atoms. The summed E-state index contributed by atoms with van der Waals surface area (Å²) in [6, 6.07) is 13.7. The molecule has 0 heterocycles. The number of ether oxygens (including phenoxy) is 1. The Hall–Kier alpha value is -2.87. The van der Waals surface area contributed by atoms with Crippen LogP contribution in [0.2, 0.25) is 0 Å². The largest absolute Gasteiger partial charge is 0.492 e. The molecular weight excluding hydrogens is 380 g/mol. The first-order valence-electron chi connectivity index (χ1n) is 8.83. The zero-order chi connectivity index (χ0) is 20.7. The van der Waals surface area contributed by atoms with Crippen LogP contribution >= 0.6 is 0 Å². The number of rotatable bonds is 8. The number of hydrogen-bond donors (Lipinski definition) is 2. The molecule has 0 spiro atoms. The summed E-state index contributed by atoms with van der Waals surface area (Å²) < 4.78 is 30.4. The van der Waals surface area contributed by atoms with Crippen molar-refractivity contribution >= 4 is 33.0 Å². The van der Waals surface area contributed by atoms with Gasteiger partial charge in [0.25, 0.3) is 0 Å². The third kappa shape index (κ3) is 5.82. The highest BCUT2D eigenvalue weighted by atomic mass is 32.2. The van der Waals surface area contributed by atoms with Gasteiger partial charge in [0.15, 0.2) is 9.84 Å². The minimum absolute atomic E-state index is 0.375. The molecule has 0 radical (unpaired) electrons. The van der Waals surface area contributed by atoms with Gasteiger partial charge in [-0.15, -0.1) is 0 Å². The maximum absolute atomic E-state index is 12.5. The van der Waals surface area contributed by atoms with Crippen LogP contribution in [-0.4, -0.2) is 37.8 Å². The first-order valence-corrected chi connectivity index (χ1v) is 10.5. The van der Waals surface area contributed by atoms with Gasteiger partial charge >= 0.3 is 0 Å². The fourth-order valence-electron chi connectivity index (χ4n) is 2.39. The molecule has 0 aliphatic carbocycles. The quantitative estimate of drug-likeness (QED) is 0.704. The zero-order valence-corrected chi connectivity index (χ0v) is 16.9. The Morgan fingerprint density at radius 3 is 2.32 bits per heavy atom. The second-order valence-electron chi connectivity index (χ2n) is 6.28. The Labute approximate surface area is 165 Å². The summed E-state index contributed by atoms with van der Waals surface area (Å²) in [4.78, 5) is 24.5. The van der Waals surface area contributed by atoms with Crippen molar-refractivity contribution in [2.24, 2.45) is 0 Å². The van der Waals surface area contributed by atoms with Gasteiger partial charge in [-0.05, 0) is 45.0 Å². The predicted octanol–water partition coefficient (Wildman–Crippen LogP) is 2.77. The molecule has 1 unspecified atom stereocenters. The first-order chi connectivity index (χ1) is 13.2. The molecule has 0 aromatic heterocycles. The first kappa shape index (κ1) is 21.4. The van der Waals surface area contributed by atoms with E-state index in [1.807, 2.05) is 6.92 Å². The molecule has 0 aliphatic rings. The van der Waals surface area contributed by atoms with Crippen LogP contribution < -0.4 is 15.4 Å². The summed E-state index contributed by atoms with van der Waals surface area (Å²) in [5, 5.41) is 3.68. The predicted molar refractivity (Wildman–Crippen MR) is 109 cm³/mol. The summed E-state index contributed by atoms with van der Waals surface area (Å²) >= 11 is 0. The van der Waals surface area contributed by atoms with Crippen molar-refractivity contribution in [1.82, 2.24) is 0 Å². The molecule has 0 aliphatic heterocycles. The summed E-state index contributed by atoms with van der Waals surface area (Å²) in [5.41, 5.74) is 1.89. The van der Waals surface area contributed by atoms with Crippen molar-refractivity contribution in [3.63, 3.8) is 0 Å². The third-order valence-electron chi connectivity index (χ3n) is 4.02. The summed E-state index contributed by atoms with van der Waals surface area (Å²) in [6.07, 6.45) is 0. The monoisotopic (exact) mass is 404 g/mol. The van der Waals surface area contributed by atoms with E-state index in [0.29, 0.717) is 23.7 Å². The van der Waals surface area contributed by atoms with Gasteiger partial charge in [-0.25, -0.2) is 8.42 Å². The number of benzene rings is 2. The number of carbonyl (C=O) groups excluding carboxylic acids is 2. The second-order valence-corrected chi connectivity index (χ2v) is 8.60. The van der Waals surface area contributed by atoms with Crippen molar-refractivity contribution in [2.75, 3.05) is 23.0 Å². The summed E-state index contributed by atoms with van der Waals surface area (Å²) in [5.74, 6) is -1.77.